The average Bonchev–Trinajstić information content (AvgIpc) is 3.58. The van der Waals surface area contributed by atoms with Gasteiger partial charge in [-0.3, -0.25) is 18.9 Å². The summed E-state index contributed by atoms with van der Waals surface area (Å²) in [5.74, 6) is 1.24. The highest BCUT2D eigenvalue weighted by atomic mass is 16.7. The Hall–Kier alpha value is -4.80. The zero-order valence-electron chi connectivity index (χ0n) is 28.7. The van der Waals surface area contributed by atoms with Crippen LogP contribution >= 0.6 is 0 Å². The third-order valence-corrected chi connectivity index (χ3v) is 9.69. The molecule has 3 aromatic carbocycles. The van der Waals surface area contributed by atoms with Crippen molar-refractivity contribution in [2.75, 3.05) is 6.61 Å². The number of nitrogens with zero attached hydrogens (tertiary/aromatic N) is 3. The number of aromatic nitrogens is 4. The van der Waals surface area contributed by atoms with Crippen LogP contribution < -0.4 is 16.1 Å². The molecule has 50 heavy (non-hydrogen) atoms. The quantitative estimate of drug-likeness (QED) is 0.154. The number of aryl methyl sites for hydroxylation is 2. The maximum atomic E-state index is 14.2. The van der Waals surface area contributed by atoms with Gasteiger partial charge in [0.05, 0.1) is 23.6 Å². The first-order valence-corrected chi connectivity index (χ1v) is 17.9. The minimum Gasteiger partial charge on any atom is -0.490 e. The molecular formula is C40H44N4O6. The van der Waals surface area contributed by atoms with Gasteiger partial charge in [0, 0.05) is 24.2 Å². The van der Waals surface area contributed by atoms with Gasteiger partial charge in [0.2, 0.25) is 0 Å². The molecule has 10 nitrogen and oxygen atoms in total. The van der Waals surface area contributed by atoms with E-state index in [1.54, 1.807) is 4.57 Å². The van der Waals surface area contributed by atoms with Crippen LogP contribution in [0, 0.1) is 6.92 Å². The molecule has 1 aliphatic carbocycles. The number of benzene rings is 3. The minimum absolute atomic E-state index is 0.0494. The first kappa shape index (κ1) is 33.7. The standard InChI is InChI=1S/C40H44N4O6/c1-3-8-36-35(25-27-12-14-28(15-13-27)33-9-4-5-10-34(33)38-42-40(46)50-43-38)39(45)44(26(2)41-36)29-16-18-30(19-17-29)48-31-20-22-32(23-21-31)49-37-11-6-7-24-47-37/h4-5,9-10,12-19,31-32,37H,3,6-8,11,20-25H2,1-2H3,(H,42,43,46). The van der Waals surface area contributed by atoms with Crippen molar-refractivity contribution in [1.82, 2.24) is 19.7 Å². The van der Waals surface area contributed by atoms with E-state index in [1.165, 1.54) is 6.42 Å². The molecule has 1 atom stereocenters. The van der Waals surface area contributed by atoms with Crippen molar-refractivity contribution in [3.05, 3.63) is 116 Å². The lowest BCUT2D eigenvalue weighted by molar-refractivity contribution is -0.195. The summed E-state index contributed by atoms with van der Waals surface area (Å²) in [6.07, 6.45) is 9.51. The van der Waals surface area contributed by atoms with Crippen LogP contribution in [0.4, 0.5) is 0 Å². The van der Waals surface area contributed by atoms with Crippen LogP contribution in [-0.2, 0) is 22.3 Å². The number of H-pyrrole nitrogens is 1. The highest BCUT2D eigenvalue weighted by Gasteiger charge is 2.27. The van der Waals surface area contributed by atoms with Crippen LogP contribution in [0.15, 0.2) is 86.9 Å². The van der Waals surface area contributed by atoms with E-state index in [4.69, 9.17) is 23.7 Å². The lowest BCUT2D eigenvalue weighted by Gasteiger charge is -2.32. The molecule has 1 unspecified atom stereocenters. The van der Waals surface area contributed by atoms with Crippen molar-refractivity contribution < 1.29 is 18.7 Å². The summed E-state index contributed by atoms with van der Waals surface area (Å²) in [6, 6.07) is 23.6. The Morgan fingerprint density at radius 1 is 0.880 bits per heavy atom. The predicted molar refractivity (Wildman–Crippen MR) is 191 cm³/mol. The number of ether oxygens (including phenoxy) is 3. The van der Waals surface area contributed by atoms with Crippen LogP contribution in [0.1, 0.15) is 80.9 Å². The Bertz CT molecular complexity index is 2000. The second kappa shape index (κ2) is 15.4. The van der Waals surface area contributed by atoms with Gasteiger partial charge in [-0.1, -0.05) is 67.0 Å². The van der Waals surface area contributed by atoms with E-state index < -0.39 is 5.76 Å². The zero-order valence-corrected chi connectivity index (χ0v) is 28.7. The first-order valence-electron chi connectivity index (χ1n) is 17.9. The van der Waals surface area contributed by atoms with Gasteiger partial charge in [-0.25, -0.2) is 9.78 Å². The van der Waals surface area contributed by atoms with Gasteiger partial charge in [-0.05, 0) is 99.2 Å². The van der Waals surface area contributed by atoms with Crippen molar-refractivity contribution in [1.29, 1.82) is 0 Å². The third kappa shape index (κ3) is 7.66. The van der Waals surface area contributed by atoms with Crippen LogP contribution in [0.2, 0.25) is 0 Å². The zero-order chi connectivity index (χ0) is 34.5. The molecule has 0 bridgehead atoms. The van der Waals surface area contributed by atoms with E-state index in [2.05, 4.69) is 17.1 Å². The van der Waals surface area contributed by atoms with Crippen LogP contribution in [0.3, 0.4) is 0 Å². The van der Waals surface area contributed by atoms with Crippen LogP contribution in [0.25, 0.3) is 28.2 Å². The van der Waals surface area contributed by atoms with Gasteiger partial charge in [-0.15, -0.1) is 0 Å². The molecule has 2 fully saturated rings. The Labute approximate surface area is 291 Å². The van der Waals surface area contributed by atoms with Gasteiger partial charge >= 0.3 is 5.76 Å². The van der Waals surface area contributed by atoms with Crippen molar-refractivity contribution in [2.24, 2.45) is 0 Å². The summed E-state index contributed by atoms with van der Waals surface area (Å²) >= 11 is 0. The highest BCUT2D eigenvalue weighted by molar-refractivity contribution is 5.80. The Kier molecular flexibility index (Phi) is 10.4. The fourth-order valence-corrected chi connectivity index (χ4v) is 7.12. The summed E-state index contributed by atoms with van der Waals surface area (Å²) in [5.41, 5.74) is 5.88. The lowest BCUT2D eigenvalue weighted by atomic mass is 9.94. The monoisotopic (exact) mass is 676 g/mol. The maximum Gasteiger partial charge on any atom is 0.439 e. The van der Waals surface area contributed by atoms with Crippen molar-refractivity contribution in [3.8, 4) is 34.0 Å². The van der Waals surface area contributed by atoms with Crippen molar-refractivity contribution in [3.63, 3.8) is 0 Å². The van der Waals surface area contributed by atoms with Gasteiger partial charge in [0.25, 0.3) is 5.56 Å². The molecule has 0 spiro atoms. The SMILES string of the molecule is CCCc1nc(C)n(-c2ccc(OC3CCC(OC4CCCCO4)CC3)cc2)c(=O)c1Cc1ccc(-c2ccccc2-c2noc(=O)[nH]2)cc1. The molecule has 7 rings (SSSR count). The average molecular weight is 677 g/mol. The molecule has 2 aliphatic rings. The second-order valence-electron chi connectivity index (χ2n) is 13.3. The fourth-order valence-electron chi connectivity index (χ4n) is 7.12. The highest BCUT2D eigenvalue weighted by Crippen LogP contribution is 2.31. The molecule has 3 heterocycles. The molecule has 0 radical (unpaired) electrons. The molecule has 1 aliphatic heterocycles. The number of hydrogen-bond acceptors (Lipinski definition) is 8. The maximum absolute atomic E-state index is 14.2. The fraction of sp³-hybridized carbons (Fsp3) is 0.400. The normalized spacial score (nSPS) is 19.4. The summed E-state index contributed by atoms with van der Waals surface area (Å²) in [7, 11) is 0. The van der Waals surface area contributed by atoms with E-state index in [9.17, 15) is 9.59 Å². The largest absolute Gasteiger partial charge is 0.490 e. The number of rotatable bonds is 11. The van der Waals surface area contributed by atoms with Crippen LogP contribution in [0.5, 0.6) is 5.75 Å². The Morgan fingerprint density at radius 3 is 2.30 bits per heavy atom. The summed E-state index contributed by atoms with van der Waals surface area (Å²) in [4.78, 5) is 33.3. The first-order chi connectivity index (χ1) is 24.4. The molecule has 1 saturated heterocycles. The van der Waals surface area contributed by atoms with E-state index in [1.807, 2.05) is 79.7 Å². The third-order valence-electron chi connectivity index (χ3n) is 9.69. The van der Waals surface area contributed by atoms with Gasteiger partial charge in [0.1, 0.15) is 11.6 Å². The van der Waals surface area contributed by atoms with E-state index in [-0.39, 0.29) is 24.1 Å². The minimum atomic E-state index is -0.598. The number of hydrogen-bond donors (Lipinski definition) is 1. The van der Waals surface area contributed by atoms with Crippen LogP contribution in [-0.4, -0.2) is 44.8 Å². The molecule has 1 saturated carbocycles. The molecule has 10 heteroatoms. The topological polar surface area (TPSA) is 121 Å². The second-order valence-corrected chi connectivity index (χ2v) is 13.3. The van der Waals surface area contributed by atoms with Crippen molar-refractivity contribution in [2.45, 2.75) is 96.6 Å². The summed E-state index contributed by atoms with van der Waals surface area (Å²) in [6.45, 7) is 4.79. The lowest BCUT2D eigenvalue weighted by Crippen LogP contribution is -2.33. The van der Waals surface area contributed by atoms with Gasteiger partial charge in [0.15, 0.2) is 12.1 Å². The van der Waals surface area contributed by atoms with E-state index in [0.29, 0.717) is 23.6 Å². The molecule has 2 aromatic heterocycles. The number of aromatic amines is 1. The molecule has 5 aromatic rings. The molecule has 1 N–H and O–H groups in total. The number of nitrogens with one attached hydrogen (secondary N) is 1. The van der Waals surface area contributed by atoms with Gasteiger partial charge < -0.3 is 14.2 Å². The predicted octanol–water partition coefficient (Wildman–Crippen LogP) is 7.33. The summed E-state index contributed by atoms with van der Waals surface area (Å²) in [5, 5.41) is 3.87. The molecule has 0 amide bonds. The Balaban J connectivity index is 1.06. The smallest absolute Gasteiger partial charge is 0.439 e. The van der Waals surface area contributed by atoms with Crippen molar-refractivity contribution >= 4 is 0 Å². The summed E-state index contributed by atoms with van der Waals surface area (Å²) < 4.78 is 24.8. The molecular weight excluding hydrogens is 632 g/mol. The Morgan fingerprint density at radius 2 is 1.62 bits per heavy atom. The molecule has 260 valence electrons. The van der Waals surface area contributed by atoms with E-state index in [0.717, 1.165) is 97.4 Å². The van der Waals surface area contributed by atoms with E-state index >= 15 is 0 Å². The van der Waals surface area contributed by atoms with Gasteiger partial charge in [-0.2, -0.15) is 0 Å².